The van der Waals surface area contributed by atoms with Gasteiger partial charge in [-0.05, 0) is 54.4 Å². The number of carbonyl (C=O) groups excluding carboxylic acids is 1. The van der Waals surface area contributed by atoms with Crippen LogP contribution in [0.4, 0.5) is 0 Å². The van der Waals surface area contributed by atoms with Crippen molar-refractivity contribution in [2.75, 3.05) is 13.7 Å². The maximum Gasteiger partial charge on any atom is 0.255 e. The first-order valence-corrected chi connectivity index (χ1v) is 9.73. The van der Waals surface area contributed by atoms with Gasteiger partial charge in [0.05, 0.1) is 13.2 Å². The molecule has 0 aliphatic carbocycles. The summed E-state index contributed by atoms with van der Waals surface area (Å²) in [6, 6.07) is 18.4. The number of halogens is 1. The first kappa shape index (κ1) is 19.3. The predicted octanol–water partition coefficient (Wildman–Crippen LogP) is 4.83. The van der Waals surface area contributed by atoms with Crippen molar-refractivity contribution in [2.24, 2.45) is 0 Å². The molecule has 4 rings (SSSR count). The highest BCUT2D eigenvalue weighted by Crippen LogP contribution is 2.33. The molecule has 3 aromatic rings. The number of rotatable bonds is 6. The molecule has 2 aromatic carbocycles. The molecule has 0 N–H and O–H groups in total. The lowest BCUT2D eigenvalue weighted by Gasteiger charge is -2.28. The molecule has 0 bridgehead atoms. The van der Waals surface area contributed by atoms with Crippen molar-refractivity contribution >= 4 is 17.5 Å². The van der Waals surface area contributed by atoms with Gasteiger partial charge in [-0.15, -0.1) is 0 Å². The number of aryl methyl sites for hydroxylation is 1. The third-order valence-electron chi connectivity index (χ3n) is 5.03. The zero-order valence-electron chi connectivity index (χ0n) is 16.3. The summed E-state index contributed by atoms with van der Waals surface area (Å²) in [6.45, 7) is 2.68. The standard InChI is InChI=1S/C23H21ClN2O3/c1-15-4-3-5-22(25-15)29-14-21(16-6-9-19(28-2)10-7-16)26-13-17-12-18(24)8-11-20(17)23(26)27/h3-12,21H,13-14H2,1-2H3. The third-order valence-corrected chi connectivity index (χ3v) is 5.26. The summed E-state index contributed by atoms with van der Waals surface area (Å²) in [4.78, 5) is 19.3. The van der Waals surface area contributed by atoms with Crippen LogP contribution in [0.15, 0.2) is 60.7 Å². The summed E-state index contributed by atoms with van der Waals surface area (Å²) >= 11 is 6.13. The van der Waals surface area contributed by atoms with E-state index in [4.69, 9.17) is 21.1 Å². The molecule has 1 aliphatic heterocycles. The number of hydrogen-bond donors (Lipinski definition) is 0. The Morgan fingerprint density at radius 1 is 1.14 bits per heavy atom. The number of aromatic nitrogens is 1. The smallest absolute Gasteiger partial charge is 0.255 e. The van der Waals surface area contributed by atoms with E-state index in [2.05, 4.69) is 4.98 Å². The highest BCUT2D eigenvalue weighted by Gasteiger charge is 2.34. The fourth-order valence-electron chi connectivity index (χ4n) is 3.52. The van der Waals surface area contributed by atoms with Crippen LogP contribution in [-0.2, 0) is 6.54 Å². The van der Waals surface area contributed by atoms with Gasteiger partial charge in [0.25, 0.3) is 5.91 Å². The van der Waals surface area contributed by atoms with E-state index in [1.54, 1.807) is 19.2 Å². The lowest BCUT2D eigenvalue weighted by molar-refractivity contribution is 0.0632. The minimum Gasteiger partial charge on any atom is -0.497 e. The summed E-state index contributed by atoms with van der Waals surface area (Å²) in [5.74, 6) is 1.27. The topological polar surface area (TPSA) is 51.7 Å². The summed E-state index contributed by atoms with van der Waals surface area (Å²) in [6.07, 6.45) is 0. The molecule has 148 valence electrons. The quantitative estimate of drug-likeness (QED) is 0.586. The molecule has 5 nitrogen and oxygen atoms in total. The fourth-order valence-corrected chi connectivity index (χ4v) is 3.71. The van der Waals surface area contributed by atoms with Crippen LogP contribution in [0.5, 0.6) is 11.6 Å². The predicted molar refractivity (Wildman–Crippen MR) is 112 cm³/mol. The van der Waals surface area contributed by atoms with Crippen molar-refractivity contribution in [3.05, 3.63) is 88.1 Å². The van der Waals surface area contributed by atoms with Gasteiger partial charge in [-0.2, -0.15) is 0 Å². The van der Waals surface area contributed by atoms with Gasteiger partial charge in [0, 0.05) is 28.9 Å². The van der Waals surface area contributed by atoms with Crippen LogP contribution < -0.4 is 9.47 Å². The van der Waals surface area contributed by atoms with E-state index in [0.29, 0.717) is 23.0 Å². The van der Waals surface area contributed by atoms with Crippen molar-refractivity contribution in [3.8, 4) is 11.6 Å². The third kappa shape index (κ3) is 4.05. The lowest BCUT2D eigenvalue weighted by Crippen LogP contribution is -2.33. The average molecular weight is 409 g/mol. The normalized spacial score (nSPS) is 13.9. The van der Waals surface area contributed by atoms with Gasteiger partial charge in [-0.3, -0.25) is 4.79 Å². The number of ether oxygens (including phenoxy) is 2. The fraction of sp³-hybridized carbons (Fsp3) is 0.217. The molecule has 0 saturated carbocycles. The van der Waals surface area contributed by atoms with Crippen LogP contribution in [0.2, 0.25) is 5.02 Å². The van der Waals surface area contributed by atoms with E-state index < -0.39 is 0 Å². The van der Waals surface area contributed by atoms with Crippen molar-refractivity contribution in [1.82, 2.24) is 9.88 Å². The number of fused-ring (bicyclic) bond motifs is 1. The summed E-state index contributed by atoms with van der Waals surface area (Å²) < 4.78 is 11.2. The highest BCUT2D eigenvalue weighted by molar-refractivity contribution is 6.30. The Bertz CT molecular complexity index is 1040. The van der Waals surface area contributed by atoms with Crippen molar-refractivity contribution in [1.29, 1.82) is 0 Å². The molecule has 6 heteroatoms. The first-order chi connectivity index (χ1) is 14.0. The number of amides is 1. The second-order valence-corrected chi connectivity index (χ2v) is 7.39. The van der Waals surface area contributed by atoms with E-state index in [9.17, 15) is 4.79 Å². The molecule has 1 unspecified atom stereocenters. The van der Waals surface area contributed by atoms with Crippen LogP contribution in [0.1, 0.15) is 33.2 Å². The number of carbonyl (C=O) groups is 1. The minimum absolute atomic E-state index is 0.0294. The number of methoxy groups -OCH3 is 1. The number of pyridine rings is 1. The molecule has 29 heavy (non-hydrogen) atoms. The average Bonchev–Trinajstić information content (AvgIpc) is 3.04. The molecule has 2 heterocycles. The Balaban J connectivity index is 1.63. The van der Waals surface area contributed by atoms with Crippen LogP contribution >= 0.6 is 11.6 Å². The van der Waals surface area contributed by atoms with Gasteiger partial charge in [0.1, 0.15) is 12.4 Å². The summed E-state index contributed by atoms with van der Waals surface area (Å²) in [7, 11) is 1.63. The zero-order valence-corrected chi connectivity index (χ0v) is 17.0. The number of benzene rings is 2. The first-order valence-electron chi connectivity index (χ1n) is 9.35. The molecule has 1 aromatic heterocycles. The largest absolute Gasteiger partial charge is 0.497 e. The molecular weight excluding hydrogens is 388 g/mol. The van der Waals surface area contributed by atoms with Crippen LogP contribution in [0.3, 0.4) is 0 Å². The van der Waals surface area contributed by atoms with Gasteiger partial charge >= 0.3 is 0 Å². The van der Waals surface area contributed by atoms with Gasteiger partial charge in [0.15, 0.2) is 0 Å². The van der Waals surface area contributed by atoms with E-state index in [0.717, 1.165) is 22.6 Å². The summed E-state index contributed by atoms with van der Waals surface area (Å²) in [5, 5.41) is 0.625. The van der Waals surface area contributed by atoms with Crippen molar-refractivity contribution < 1.29 is 14.3 Å². The minimum atomic E-state index is -0.276. The molecular formula is C23H21ClN2O3. The summed E-state index contributed by atoms with van der Waals surface area (Å²) in [5.41, 5.74) is 3.45. The maximum atomic E-state index is 13.1. The maximum absolute atomic E-state index is 13.1. The highest BCUT2D eigenvalue weighted by atomic mass is 35.5. The number of nitrogens with zero attached hydrogens (tertiary/aromatic N) is 2. The van der Waals surface area contributed by atoms with Gasteiger partial charge in [-0.25, -0.2) is 4.98 Å². The van der Waals surface area contributed by atoms with E-state index in [1.807, 2.05) is 60.4 Å². The molecule has 0 radical (unpaired) electrons. The monoisotopic (exact) mass is 408 g/mol. The molecule has 0 spiro atoms. The Morgan fingerprint density at radius 3 is 2.66 bits per heavy atom. The number of hydrogen-bond acceptors (Lipinski definition) is 4. The van der Waals surface area contributed by atoms with Crippen LogP contribution in [0.25, 0.3) is 0 Å². The van der Waals surface area contributed by atoms with Gasteiger partial charge in [-0.1, -0.05) is 29.8 Å². The lowest BCUT2D eigenvalue weighted by atomic mass is 10.1. The van der Waals surface area contributed by atoms with E-state index in [-0.39, 0.29) is 18.6 Å². The van der Waals surface area contributed by atoms with Gasteiger partial charge in [0.2, 0.25) is 5.88 Å². The Hall–Kier alpha value is -3.05. The second-order valence-electron chi connectivity index (χ2n) is 6.95. The Morgan fingerprint density at radius 2 is 1.93 bits per heavy atom. The van der Waals surface area contributed by atoms with Gasteiger partial charge < -0.3 is 14.4 Å². The Kier molecular flexibility index (Phi) is 5.41. The van der Waals surface area contributed by atoms with Crippen molar-refractivity contribution in [3.63, 3.8) is 0 Å². The molecule has 1 aliphatic rings. The molecule has 0 saturated heterocycles. The zero-order chi connectivity index (χ0) is 20.4. The van der Waals surface area contributed by atoms with Crippen LogP contribution in [0, 0.1) is 6.92 Å². The second kappa shape index (κ2) is 8.13. The molecule has 1 amide bonds. The van der Waals surface area contributed by atoms with E-state index in [1.165, 1.54) is 0 Å². The van der Waals surface area contributed by atoms with Crippen molar-refractivity contribution in [2.45, 2.75) is 19.5 Å². The molecule has 0 fully saturated rings. The Labute approximate surface area is 174 Å². The molecule has 1 atom stereocenters. The van der Waals surface area contributed by atoms with E-state index >= 15 is 0 Å². The van der Waals surface area contributed by atoms with Crippen LogP contribution in [-0.4, -0.2) is 29.5 Å². The SMILES string of the molecule is COc1ccc(C(COc2cccc(C)n2)N2Cc3cc(Cl)ccc3C2=O)cc1.